The van der Waals surface area contributed by atoms with Crippen molar-refractivity contribution in [3.8, 4) is 0 Å². The predicted molar refractivity (Wildman–Crippen MR) is 431 cm³/mol. The second-order valence-electron chi connectivity index (χ2n) is 32.0. The Morgan fingerprint density at radius 2 is 0.546 bits per heavy atom. The van der Waals surface area contributed by atoms with Crippen molar-refractivity contribution in [2.75, 3.05) is 19.8 Å². The van der Waals surface area contributed by atoms with Crippen LogP contribution in [0.2, 0.25) is 0 Å². The molecule has 9 atom stereocenters. The molecule has 1 N–H and O–H groups in total. The summed E-state index contributed by atoms with van der Waals surface area (Å²) < 4.78 is 62.6. The summed E-state index contributed by atoms with van der Waals surface area (Å²) >= 11 is 0. The van der Waals surface area contributed by atoms with Crippen LogP contribution in [0.3, 0.4) is 0 Å². The highest BCUT2D eigenvalue weighted by Gasteiger charge is 2.65. The first-order valence-electron chi connectivity index (χ1n) is 45.5. The van der Waals surface area contributed by atoms with Gasteiger partial charge < -0.3 is 52.5 Å². The Morgan fingerprint density at radius 1 is 0.287 bits per heavy atom. The van der Waals surface area contributed by atoms with Crippen LogP contribution in [0, 0.1) is 0 Å². The lowest BCUT2D eigenvalue weighted by molar-refractivity contribution is -0.384. The number of carbonyl (C=O) groups excluding carboxylic acids is 7. The summed E-state index contributed by atoms with van der Waals surface area (Å²) in [6.45, 7) is 10.1. The number of unbranched alkanes of at least 4 members (excludes halogenated alkanes) is 56. The monoisotopic (exact) mass is 1530 g/mol. The van der Waals surface area contributed by atoms with Gasteiger partial charge in [0.25, 0.3) is 0 Å². The van der Waals surface area contributed by atoms with Crippen LogP contribution in [-0.2, 0) is 80.9 Å². The molecule has 2 saturated heterocycles. The van der Waals surface area contributed by atoms with Gasteiger partial charge in [-0.3, -0.25) is 33.6 Å². The van der Waals surface area contributed by atoms with Crippen LogP contribution < -0.4 is 0 Å². The molecule has 2 heterocycles. The normalized spacial score (nSPS) is 19.8. The molecule has 2 fully saturated rings. The van der Waals surface area contributed by atoms with Gasteiger partial charge in [-0.25, -0.2) is 0 Å². The fraction of sp³-hybridized carbons (Fsp3) is 0.922. The molecule has 0 aromatic carbocycles. The van der Waals surface area contributed by atoms with E-state index in [1.807, 2.05) is 0 Å². The third kappa shape index (κ3) is 52.4. The average molecular weight is 1530 g/mol. The summed E-state index contributed by atoms with van der Waals surface area (Å²) in [5.74, 6) is -7.60. The molecule has 18 heteroatoms. The molecule has 108 heavy (non-hydrogen) atoms. The Morgan fingerprint density at radius 3 is 0.843 bits per heavy atom. The maximum Gasteiger partial charge on any atom is 0.306 e. The van der Waals surface area contributed by atoms with Crippen molar-refractivity contribution in [3.63, 3.8) is 0 Å². The van der Waals surface area contributed by atoms with Crippen LogP contribution in [0.4, 0.5) is 0 Å². The predicted octanol–water partition coefficient (Wildman–Crippen LogP) is 23.6. The second kappa shape index (κ2) is 69.8. The van der Waals surface area contributed by atoms with E-state index in [1.54, 1.807) is 0 Å². The molecular weight excluding hydrogens is 1370 g/mol. The van der Waals surface area contributed by atoms with Crippen molar-refractivity contribution in [2.45, 2.75) is 514 Å². The van der Waals surface area contributed by atoms with E-state index in [4.69, 9.17) is 47.4 Å². The Balaban J connectivity index is 2.55. The fourth-order valence-electron chi connectivity index (χ4n) is 15.3. The molecule has 0 spiro atoms. The molecule has 0 amide bonds. The highest BCUT2D eigenvalue weighted by Crippen LogP contribution is 2.42. The van der Waals surface area contributed by atoms with Gasteiger partial charge in [0, 0.05) is 46.5 Å². The lowest BCUT2D eigenvalue weighted by Crippen LogP contribution is -2.65. The van der Waals surface area contributed by atoms with Crippen molar-refractivity contribution in [1.82, 2.24) is 0 Å². The number of carbonyl (C=O) groups is 7. The van der Waals surface area contributed by atoms with Crippen molar-refractivity contribution >= 4 is 41.8 Å². The maximum atomic E-state index is 14.7. The number of hydrogen-bond acceptors (Lipinski definition) is 18. The molecule has 2 rings (SSSR count). The standard InChI is InChI=1S/C90H164O18/c1-8-12-16-20-24-28-32-36-40-44-48-52-56-60-64-68-80(95)99-73-79-85(105-82(97)70-66-62-58-54-50-46-42-38-34-30-26-22-18-14-10-3)88(106-83(98)71-67-63-59-55-51-47-43-39-35-31-27-23-19-15-11-4)90(107-79,74-100-81(96)69-65-61-57-53-49-45-41-37-33-29-25-21-17-13-9-2)108-89-87(103-77(7)94)86(102-76(6)93)84(101-75(5)92)78(72-91)104-89/h78-79,84-89,91H,8-74H2,1-7H3/t78-,79-,84-,85-,86+,87-,88+,89-,90+/m1/s1. The quantitative estimate of drug-likeness (QED) is 0.0339. The number of esters is 7. The number of aliphatic hydroxyl groups is 1. The molecular formula is C90H164O18. The Kier molecular flexibility index (Phi) is 64.8. The van der Waals surface area contributed by atoms with E-state index >= 15 is 0 Å². The maximum absolute atomic E-state index is 14.7. The summed E-state index contributed by atoms with van der Waals surface area (Å²) in [7, 11) is 0. The third-order valence-corrected chi connectivity index (χ3v) is 21.7. The van der Waals surface area contributed by atoms with Crippen molar-refractivity contribution in [2.24, 2.45) is 0 Å². The van der Waals surface area contributed by atoms with E-state index in [9.17, 15) is 38.7 Å². The first-order chi connectivity index (χ1) is 52.6. The Labute approximate surface area is 658 Å². The molecule has 18 nitrogen and oxygen atoms in total. The van der Waals surface area contributed by atoms with Gasteiger partial charge in [-0.05, 0) is 25.7 Å². The van der Waals surface area contributed by atoms with Crippen LogP contribution in [0.5, 0.6) is 0 Å². The summed E-state index contributed by atoms with van der Waals surface area (Å²) in [6.07, 6.45) is 55.8. The molecule has 0 radical (unpaired) electrons. The zero-order chi connectivity index (χ0) is 78.6. The number of rotatable bonds is 76. The minimum atomic E-state index is -2.50. The van der Waals surface area contributed by atoms with Gasteiger partial charge in [0.05, 0.1) is 6.61 Å². The highest BCUT2D eigenvalue weighted by molar-refractivity contribution is 5.72. The number of aliphatic hydroxyl groups excluding tert-OH is 1. The van der Waals surface area contributed by atoms with E-state index in [0.717, 1.165) is 130 Å². The summed E-state index contributed by atoms with van der Waals surface area (Å²) in [4.78, 5) is 96.2. The van der Waals surface area contributed by atoms with Gasteiger partial charge in [-0.15, -0.1) is 0 Å². The molecule has 2 aliphatic rings. The lowest BCUT2D eigenvalue weighted by Gasteiger charge is -2.46. The average Bonchev–Trinajstić information content (AvgIpc) is 1.55. The molecule has 0 aliphatic carbocycles. The van der Waals surface area contributed by atoms with Gasteiger partial charge in [0.1, 0.15) is 25.4 Å². The van der Waals surface area contributed by atoms with E-state index in [0.29, 0.717) is 25.7 Å². The minimum Gasteiger partial charge on any atom is -0.463 e. The van der Waals surface area contributed by atoms with Crippen LogP contribution in [0.1, 0.15) is 459 Å². The van der Waals surface area contributed by atoms with E-state index < -0.39 is 116 Å². The third-order valence-electron chi connectivity index (χ3n) is 21.7. The molecule has 632 valence electrons. The van der Waals surface area contributed by atoms with Gasteiger partial charge >= 0.3 is 41.8 Å². The molecule has 0 bridgehead atoms. The Hall–Kier alpha value is -3.87. The molecule has 0 aromatic heterocycles. The summed E-state index contributed by atoms with van der Waals surface area (Å²) in [5.41, 5.74) is 0. The fourth-order valence-corrected chi connectivity index (χ4v) is 15.3. The van der Waals surface area contributed by atoms with Crippen molar-refractivity contribution in [3.05, 3.63) is 0 Å². The molecule has 0 unspecified atom stereocenters. The summed E-state index contributed by atoms with van der Waals surface area (Å²) in [5, 5.41) is 10.9. The first-order valence-corrected chi connectivity index (χ1v) is 45.5. The Bertz CT molecular complexity index is 2190. The van der Waals surface area contributed by atoms with E-state index in [1.165, 1.54) is 250 Å². The van der Waals surface area contributed by atoms with Crippen LogP contribution >= 0.6 is 0 Å². The zero-order valence-electron chi connectivity index (χ0n) is 70.4. The summed E-state index contributed by atoms with van der Waals surface area (Å²) in [6, 6.07) is 0. The first kappa shape index (κ1) is 100. The van der Waals surface area contributed by atoms with E-state index in [2.05, 4.69) is 27.7 Å². The van der Waals surface area contributed by atoms with Gasteiger partial charge in [0.15, 0.2) is 30.5 Å². The zero-order valence-corrected chi connectivity index (χ0v) is 70.4. The van der Waals surface area contributed by atoms with Gasteiger partial charge in [-0.2, -0.15) is 0 Å². The SMILES string of the molecule is CCCCCCCCCCCCCCCCCC(=O)OC[C@H]1O[C@@](COC(=O)CCCCCCCCCCCCCCCCC)(O[C@H]2O[C@H](CO)[C@@H](OC(C)=O)[C@H](OC(C)=O)[C@H]2OC(C)=O)[C@@H](OC(=O)CCCCCCCCCCCCCCCCC)[C@@H]1OC(=O)CCCCCCCCCCCCCCCCC. The highest BCUT2D eigenvalue weighted by atomic mass is 16.8. The second-order valence-corrected chi connectivity index (χ2v) is 32.0. The minimum absolute atomic E-state index is 0.00237. The van der Waals surface area contributed by atoms with Crippen molar-refractivity contribution in [1.29, 1.82) is 0 Å². The van der Waals surface area contributed by atoms with Crippen LogP contribution in [0.15, 0.2) is 0 Å². The number of ether oxygens (including phenoxy) is 10. The van der Waals surface area contributed by atoms with Crippen molar-refractivity contribution < 1.29 is 86.0 Å². The lowest BCUT2D eigenvalue weighted by atomic mass is 9.97. The van der Waals surface area contributed by atoms with Crippen LogP contribution in [0.25, 0.3) is 0 Å². The molecule has 0 aromatic rings. The largest absolute Gasteiger partial charge is 0.463 e. The number of hydrogen-bond donors (Lipinski definition) is 1. The molecule has 0 saturated carbocycles. The smallest absolute Gasteiger partial charge is 0.306 e. The molecule has 2 aliphatic heterocycles. The van der Waals surface area contributed by atoms with Crippen LogP contribution in [-0.4, -0.2) is 122 Å². The topological polar surface area (TPSA) is 232 Å². The van der Waals surface area contributed by atoms with Gasteiger partial charge in [0.2, 0.25) is 12.1 Å². The van der Waals surface area contributed by atoms with Gasteiger partial charge in [-0.1, -0.05) is 387 Å². The van der Waals surface area contributed by atoms with E-state index in [-0.39, 0.29) is 25.7 Å².